The van der Waals surface area contributed by atoms with E-state index in [0.29, 0.717) is 11.0 Å². The molecule has 0 aromatic heterocycles. The SMILES string of the molecule is Cl.O=C(c1cc(F)ccc1I)N1CCC2(CCNC2)CC1. The Morgan fingerprint density at radius 2 is 2.00 bits per heavy atom. The summed E-state index contributed by atoms with van der Waals surface area (Å²) in [6, 6.07) is 4.41. The average molecular weight is 425 g/mol. The molecule has 2 saturated heterocycles. The second-order valence-corrected chi connectivity index (χ2v) is 7.01. The van der Waals surface area contributed by atoms with Crippen LogP contribution in [0.3, 0.4) is 0 Å². The largest absolute Gasteiger partial charge is 0.339 e. The van der Waals surface area contributed by atoms with Crippen molar-refractivity contribution in [1.29, 1.82) is 0 Å². The summed E-state index contributed by atoms with van der Waals surface area (Å²) >= 11 is 2.10. The van der Waals surface area contributed by atoms with Crippen LogP contribution < -0.4 is 5.32 Å². The first-order valence-electron chi connectivity index (χ1n) is 7.05. The number of nitrogens with one attached hydrogen (secondary N) is 1. The number of benzene rings is 1. The van der Waals surface area contributed by atoms with Crippen molar-refractivity contribution in [2.75, 3.05) is 26.2 Å². The van der Waals surface area contributed by atoms with E-state index in [0.717, 1.165) is 42.6 Å². The van der Waals surface area contributed by atoms with Gasteiger partial charge in [-0.2, -0.15) is 0 Å². The van der Waals surface area contributed by atoms with E-state index < -0.39 is 0 Å². The molecule has 2 aliphatic rings. The fourth-order valence-electron chi connectivity index (χ4n) is 3.24. The van der Waals surface area contributed by atoms with Crippen molar-refractivity contribution in [3.05, 3.63) is 33.1 Å². The van der Waals surface area contributed by atoms with Crippen molar-refractivity contribution in [3.8, 4) is 0 Å². The van der Waals surface area contributed by atoms with Gasteiger partial charge in [0.1, 0.15) is 5.82 Å². The fraction of sp³-hybridized carbons (Fsp3) is 0.533. The number of piperidine rings is 1. The molecule has 0 saturated carbocycles. The second-order valence-electron chi connectivity index (χ2n) is 5.84. The van der Waals surface area contributed by atoms with Gasteiger partial charge in [-0.15, -0.1) is 12.4 Å². The first-order valence-corrected chi connectivity index (χ1v) is 8.13. The van der Waals surface area contributed by atoms with Crippen LogP contribution in [-0.4, -0.2) is 37.0 Å². The van der Waals surface area contributed by atoms with Crippen molar-refractivity contribution in [2.45, 2.75) is 19.3 Å². The standard InChI is InChI=1S/C15H18FIN2O.ClH/c16-11-1-2-13(17)12(9-11)14(20)19-7-4-15(5-8-19)3-6-18-10-15;/h1-2,9,18H,3-8,10H2;1H. The molecule has 1 aromatic carbocycles. The number of rotatable bonds is 1. The van der Waals surface area contributed by atoms with Gasteiger partial charge in [-0.1, -0.05) is 0 Å². The maximum absolute atomic E-state index is 13.3. The van der Waals surface area contributed by atoms with E-state index in [1.807, 2.05) is 4.90 Å². The van der Waals surface area contributed by atoms with Crippen molar-refractivity contribution in [3.63, 3.8) is 0 Å². The van der Waals surface area contributed by atoms with Crippen molar-refractivity contribution < 1.29 is 9.18 Å². The van der Waals surface area contributed by atoms with Crippen LogP contribution >= 0.6 is 35.0 Å². The molecule has 6 heteroatoms. The summed E-state index contributed by atoms with van der Waals surface area (Å²) in [4.78, 5) is 14.4. The lowest BCUT2D eigenvalue weighted by atomic mass is 9.78. The van der Waals surface area contributed by atoms with E-state index in [-0.39, 0.29) is 24.1 Å². The molecule has 0 bridgehead atoms. The molecule has 2 aliphatic heterocycles. The molecule has 0 radical (unpaired) electrons. The zero-order chi connectivity index (χ0) is 14.2. The van der Waals surface area contributed by atoms with Crippen LogP contribution in [0.1, 0.15) is 29.6 Å². The molecule has 0 aliphatic carbocycles. The number of hydrogen-bond donors (Lipinski definition) is 1. The normalized spacial score (nSPS) is 20.4. The Balaban J connectivity index is 0.00000161. The number of likely N-dealkylation sites (tertiary alicyclic amines) is 1. The van der Waals surface area contributed by atoms with Crippen LogP contribution in [0.5, 0.6) is 0 Å². The van der Waals surface area contributed by atoms with Gasteiger partial charge in [0.25, 0.3) is 5.91 Å². The number of hydrogen-bond acceptors (Lipinski definition) is 2. The number of carbonyl (C=O) groups is 1. The van der Waals surface area contributed by atoms with Gasteiger partial charge in [-0.25, -0.2) is 4.39 Å². The fourth-order valence-corrected chi connectivity index (χ4v) is 3.80. The molecule has 116 valence electrons. The second kappa shape index (κ2) is 6.79. The third kappa shape index (κ3) is 3.51. The third-order valence-electron chi connectivity index (χ3n) is 4.60. The minimum Gasteiger partial charge on any atom is -0.339 e. The Kier molecular flexibility index (Phi) is 5.48. The van der Waals surface area contributed by atoms with Gasteiger partial charge in [0.2, 0.25) is 0 Å². The third-order valence-corrected chi connectivity index (χ3v) is 5.54. The highest BCUT2D eigenvalue weighted by Crippen LogP contribution is 2.37. The minimum absolute atomic E-state index is 0. The molecule has 0 atom stereocenters. The monoisotopic (exact) mass is 424 g/mol. The first kappa shape index (κ1) is 17.0. The highest BCUT2D eigenvalue weighted by molar-refractivity contribution is 14.1. The van der Waals surface area contributed by atoms with Gasteiger partial charge in [-0.05, 0) is 72.0 Å². The van der Waals surface area contributed by atoms with E-state index >= 15 is 0 Å². The smallest absolute Gasteiger partial charge is 0.255 e. The van der Waals surface area contributed by atoms with Crippen LogP contribution in [0.4, 0.5) is 4.39 Å². The predicted octanol–water partition coefficient (Wildman–Crippen LogP) is 3.07. The van der Waals surface area contributed by atoms with E-state index in [4.69, 9.17) is 0 Å². The highest BCUT2D eigenvalue weighted by atomic mass is 127. The van der Waals surface area contributed by atoms with E-state index in [9.17, 15) is 9.18 Å². The first-order chi connectivity index (χ1) is 9.60. The summed E-state index contributed by atoms with van der Waals surface area (Å²) < 4.78 is 14.1. The molecule has 2 fully saturated rings. The molecule has 1 amide bonds. The van der Waals surface area contributed by atoms with Crippen LogP contribution in [0.25, 0.3) is 0 Å². The summed E-state index contributed by atoms with van der Waals surface area (Å²) in [5.41, 5.74) is 0.886. The summed E-state index contributed by atoms with van der Waals surface area (Å²) in [7, 11) is 0. The van der Waals surface area contributed by atoms with Crippen LogP contribution in [0, 0.1) is 14.8 Å². The number of carbonyl (C=O) groups excluding carboxylic acids is 1. The van der Waals surface area contributed by atoms with Gasteiger partial charge < -0.3 is 10.2 Å². The van der Waals surface area contributed by atoms with E-state index in [2.05, 4.69) is 27.9 Å². The average Bonchev–Trinajstić information content (AvgIpc) is 2.90. The molecule has 1 aromatic rings. The lowest BCUT2D eigenvalue weighted by Gasteiger charge is -2.39. The van der Waals surface area contributed by atoms with Crippen molar-refractivity contribution >= 4 is 40.9 Å². The Bertz CT molecular complexity index is 524. The molecule has 0 unspecified atom stereocenters. The number of nitrogens with zero attached hydrogens (tertiary/aromatic N) is 1. The highest BCUT2D eigenvalue weighted by Gasteiger charge is 2.38. The number of amides is 1. The van der Waals surface area contributed by atoms with Gasteiger partial charge in [0.15, 0.2) is 0 Å². The summed E-state index contributed by atoms with van der Waals surface area (Å²) in [6.45, 7) is 3.74. The van der Waals surface area contributed by atoms with Gasteiger partial charge in [0, 0.05) is 23.2 Å². The van der Waals surface area contributed by atoms with Gasteiger partial charge in [0.05, 0.1) is 5.56 Å². The summed E-state index contributed by atoms with van der Waals surface area (Å²) in [5, 5.41) is 3.42. The van der Waals surface area contributed by atoms with Crippen molar-refractivity contribution in [2.24, 2.45) is 5.41 Å². The molecule has 1 spiro atoms. The Hall–Kier alpha value is -0.400. The zero-order valence-corrected chi connectivity index (χ0v) is 14.7. The number of halogens is 3. The van der Waals surface area contributed by atoms with Crippen molar-refractivity contribution in [1.82, 2.24) is 10.2 Å². The van der Waals surface area contributed by atoms with Crippen LogP contribution in [-0.2, 0) is 0 Å². The maximum Gasteiger partial charge on any atom is 0.255 e. The Labute approximate surface area is 144 Å². The van der Waals surface area contributed by atoms with E-state index in [1.165, 1.54) is 18.6 Å². The quantitative estimate of drug-likeness (QED) is 0.703. The molecule has 21 heavy (non-hydrogen) atoms. The Morgan fingerprint density at radius 3 is 2.62 bits per heavy atom. The molecular formula is C15H19ClFIN2O. The topological polar surface area (TPSA) is 32.3 Å². The molecular weight excluding hydrogens is 406 g/mol. The van der Waals surface area contributed by atoms with E-state index in [1.54, 1.807) is 6.07 Å². The minimum atomic E-state index is -0.345. The summed E-state index contributed by atoms with van der Waals surface area (Å²) in [5.74, 6) is -0.378. The lowest BCUT2D eigenvalue weighted by molar-refractivity contribution is 0.0606. The van der Waals surface area contributed by atoms with Crippen LogP contribution in [0.15, 0.2) is 18.2 Å². The lowest BCUT2D eigenvalue weighted by Crippen LogP contribution is -2.44. The van der Waals surface area contributed by atoms with Gasteiger partial charge >= 0.3 is 0 Å². The molecule has 3 rings (SSSR count). The maximum atomic E-state index is 13.3. The summed E-state index contributed by atoms with van der Waals surface area (Å²) in [6.07, 6.45) is 3.32. The molecule has 3 nitrogen and oxygen atoms in total. The predicted molar refractivity (Wildman–Crippen MR) is 91.4 cm³/mol. The molecule has 2 heterocycles. The van der Waals surface area contributed by atoms with Crippen LogP contribution in [0.2, 0.25) is 0 Å². The Morgan fingerprint density at radius 1 is 1.29 bits per heavy atom. The zero-order valence-electron chi connectivity index (χ0n) is 11.7. The van der Waals surface area contributed by atoms with Gasteiger partial charge in [-0.3, -0.25) is 4.79 Å². The molecule has 1 N–H and O–H groups in total.